The fourth-order valence-electron chi connectivity index (χ4n) is 2.63. The molecule has 0 saturated carbocycles. The number of carbonyl (C=O) groups is 2. The van der Waals surface area contributed by atoms with E-state index in [1.54, 1.807) is 12.0 Å². The van der Waals surface area contributed by atoms with E-state index >= 15 is 0 Å². The van der Waals surface area contributed by atoms with Gasteiger partial charge in [0.25, 0.3) is 0 Å². The number of ether oxygens (including phenoxy) is 1. The number of β-amino-alcohol motifs (C(OH)–C–C–N with tert-alkyl or cyclic N) is 1. The third kappa shape index (κ3) is 6.75. The lowest BCUT2D eigenvalue weighted by atomic mass is 9.89. The first kappa shape index (κ1) is 20.9. The number of rotatable bonds is 7. The van der Waals surface area contributed by atoms with Crippen LogP contribution in [0.25, 0.3) is 0 Å². The first-order chi connectivity index (χ1) is 11.1. The largest absolute Gasteiger partial charge is 0.391 e. The highest BCUT2D eigenvalue weighted by Gasteiger charge is 2.30. The van der Waals surface area contributed by atoms with Gasteiger partial charge in [-0.05, 0) is 11.8 Å². The van der Waals surface area contributed by atoms with Crippen molar-refractivity contribution < 1.29 is 19.4 Å². The van der Waals surface area contributed by atoms with E-state index in [1.807, 2.05) is 20.8 Å². The van der Waals surface area contributed by atoms with Crippen LogP contribution in [0.3, 0.4) is 0 Å². The standard InChI is InChI=1S/C17H33N3O4/c1-13(21)18-14(6-11-24-5)16(23)20-9-7-19(8-10-20)12-15(22)17(2,3)4/h14-15,22H,6-12H2,1-5H3,(H,18,21)/t14-,15-/m1/s1. The van der Waals surface area contributed by atoms with Gasteiger partial charge in [0.05, 0.1) is 6.10 Å². The summed E-state index contributed by atoms with van der Waals surface area (Å²) < 4.78 is 5.03. The van der Waals surface area contributed by atoms with E-state index in [9.17, 15) is 14.7 Å². The lowest BCUT2D eigenvalue weighted by molar-refractivity contribution is -0.138. The van der Waals surface area contributed by atoms with Crippen molar-refractivity contribution in [1.29, 1.82) is 0 Å². The monoisotopic (exact) mass is 343 g/mol. The smallest absolute Gasteiger partial charge is 0.245 e. The fraction of sp³-hybridized carbons (Fsp3) is 0.882. The Morgan fingerprint density at radius 3 is 2.25 bits per heavy atom. The maximum absolute atomic E-state index is 12.6. The summed E-state index contributed by atoms with van der Waals surface area (Å²) in [5.41, 5.74) is -0.149. The summed E-state index contributed by atoms with van der Waals surface area (Å²) in [6, 6.07) is -0.533. The van der Waals surface area contributed by atoms with Crippen LogP contribution in [-0.4, -0.2) is 85.3 Å². The summed E-state index contributed by atoms with van der Waals surface area (Å²) >= 11 is 0. The quantitative estimate of drug-likeness (QED) is 0.684. The van der Waals surface area contributed by atoms with Crippen LogP contribution in [0.5, 0.6) is 0 Å². The number of carbonyl (C=O) groups excluding carboxylic acids is 2. The van der Waals surface area contributed by atoms with Crippen molar-refractivity contribution >= 4 is 11.8 Å². The zero-order valence-corrected chi connectivity index (χ0v) is 15.7. The van der Waals surface area contributed by atoms with Gasteiger partial charge in [-0.3, -0.25) is 14.5 Å². The second-order valence-electron chi connectivity index (χ2n) is 7.54. The van der Waals surface area contributed by atoms with Crippen LogP contribution < -0.4 is 5.32 Å². The van der Waals surface area contributed by atoms with Gasteiger partial charge in [0, 0.05) is 53.4 Å². The van der Waals surface area contributed by atoms with E-state index < -0.39 is 12.1 Å². The molecule has 0 unspecified atom stereocenters. The zero-order chi connectivity index (χ0) is 18.3. The van der Waals surface area contributed by atoms with Crippen molar-refractivity contribution in [3.8, 4) is 0 Å². The molecule has 2 N–H and O–H groups in total. The molecule has 1 saturated heterocycles. The average molecular weight is 343 g/mol. The highest BCUT2D eigenvalue weighted by Crippen LogP contribution is 2.20. The van der Waals surface area contributed by atoms with E-state index in [2.05, 4.69) is 10.2 Å². The SMILES string of the molecule is COCC[C@@H](NC(C)=O)C(=O)N1CCN(C[C@@H](O)C(C)(C)C)CC1. The van der Waals surface area contributed by atoms with Crippen LogP contribution in [0.15, 0.2) is 0 Å². The van der Waals surface area contributed by atoms with E-state index in [0.717, 1.165) is 13.1 Å². The number of methoxy groups -OCH3 is 1. The molecule has 0 aromatic carbocycles. The van der Waals surface area contributed by atoms with Gasteiger partial charge >= 0.3 is 0 Å². The zero-order valence-electron chi connectivity index (χ0n) is 15.7. The lowest BCUT2D eigenvalue weighted by Gasteiger charge is -2.39. The molecule has 0 aromatic heterocycles. The average Bonchev–Trinajstić information content (AvgIpc) is 2.50. The van der Waals surface area contributed by atoms with Crippen molar-refractivity contribution in [2.45, 2.75) is 46.3 Å². The number of nitrogens with one attached hydrogen (secondary N) is 1. The molecular formula is C17H33N3O4. The van der Waals surface area contributed by atoms with Crippen LogP contribution in [0.2, 0.25) is 0 Å². The highest BCUT2D eigenvalue weighted by atomic mass is 16.5. The molecule has 0 spiro atoms. The first-order valence-electron chi connectivity index (χ1n) is 8.60. The summed E-state index contributed by atoms with van der Waals surface area (Å²) in [5.74, 6) is -0.269. The molecule has 0 aliphatic carbocycles. The maximum atomic E-state index is 12.6. The van der Waals surface area contributed by atoms with E-state index in [4.69, 9.17) is 4.74 Å². The van der Waals surface area contributed by atoms with Gasteiger partial charge in [-0.15, -0.1) is 0 Å². The predicted octanol–water partition coefficient (Wildman–Crippen LogP) is 0.0788. The molecule has 1 fully saturated rings. The van der Waals surface area contributed by atoms with Crippen molar-refractivity contribution in [2.75, 3.05) is 46.4 Å². The lowest BCUT2D eigenvalue weighted by Crippen LogP contribution is -2.56. The van der Waals surface area contributed by atoms with Crippen LogP contribution in [0.1, 0.15) is 34.1 Å². The summed E-state index contributed by atoms with van der Waals surface area (Å²) in [6.07, 6.45) is 0.0753. The third-order valence-electron chi connectivity index (χ3n) is 4.40. The predicted molar refractivity (Wildman–Crippen MR) is 92.6 cm³/mol. The third-order valence-corrected chi connectivity index (χ3v) is 4.40. The Labute approximate surface area is 145 Å². The Bertz CT molecular complexity index is 415. The van der Waals surface area contributed by atoms with Gasteiger partial charge in [-0.25, -0.2) is 0 Å². The van der Waals surface area contributed by atoms with Crippen LogP contribution in [0.4, 0.5) is 0 Å². The molecule has 1 heterocycles. The number of aliphatic hydroxyl groups is 1. The highest BCUT2D eigenvalue weighted by molar-refractivity contribution is 5.86. The first-order valence-corrected chi connectivity index (χ1v) is 8.60. The Hall–Kier alpha value is -1.18. The summed E-state index contributed by atoms with van der Waals surface area (Å²) in [5, 5.41) is 12.9. The van der Waals surface area contributed by atoms with Gasteiger partial charge < -0.3 is 20.1 Å². The van der Waals surface area contributed by atoms with Gasteiger partial charge in [0.2, 0.25) is 11.8 Å². The maximum Gasteiger partial charge on any atom is 0.245 e. The summed E-state index contributed by atoms with van der Waals surface area (Å²) in [4.78, 5) is 27.9. The minimum Gasteiger partial charge on any atom is -0.391 e. The number of piperazine rings is 1. The van der Waals surface area contributed by atoms with E-state index in [0.29, 0.717) is 32.7 Å². The Balaban J connectivity index is 2.52. The molecular weight excluding hydrogens is 310 g/mol. The molecule has 1 aliphatic heterocycles. The Morgan fingerprint density at radius 2 is 1.79 bits per heavy atom. The van der Waals surface area contributed by atoms with Gasteiger partial charge in [-0.2, -0.15) is 0 Å². The van der Waals surface area contributed by atoms with E-state index in [1.165, 1.54) is 6.92 Å². The number of aliphatic hydroxyl groups excluding tert-OH is 1. The minimum absolute atomic E-state index is 0.0572. The molecule has 0 radical (unpaired) electrons. The molecule has 1 aliphatic rings. The van der Waals surface area contributed by atoms with Crippen molar-refractivity contribution in [1.82, 2.24) is 15.1 Å². The normalized spacial score (nSPS) is 19.0. The Morgan fingerprint density at radius 1 is 1.21 bits per heavy atom. The van der Waals surface area contributed by atoms with Gasteiger partial charge in [-0.1, -0.05) is 20.8 Å². The second kappa shape index (κ2) is 9.34. The summed E-state index contributed by atoms with van der Waals surface area (Å²) in [7, 11) is 1.58. The molecule has 2 atom stereocenters. The molecule has 0 aromatic rings. The van der Waals surface area contributed by atoms with E-state index in [-0.39, 0.29) is 17.2 Å². The summed E-state index contributed by atoms with van der Waals surface area (Å²) in [6.45, 7) is 11.2. The van der Waals surface area contributed by atoms with Gasteiger partial charge in [0.1, 0.15) is 6.04 Å². The number of hydrogen-bond donors (Lipinski definition) is 2. The van der Waals surface area contributed by atoms with Crippen molar-refractivity contribution in [3.63, 3.8) is 0 Å². The van der Waals surface area contributed by atoms with Crippen molar-refractivity contribution in [3.05, 3.63) is 0 Å². The minimum atomic E-state index is -0.533. The molecule has 0 bridgehead atoms. The number of hydrogen-bond acceptors (Lipinski definition) is 5. The molecule has 1 rings (SSSR count). The number of nitrogens with zero attached hydrogens (tertiary/aromatic N) is 2. The van der Waals surface area contributed by atoms with Crippen LogP contribution in [-0.2, 0) is 14.3 Å². The van der Waals surface area contributed by atoms with Crippen LogP contribution >= 0.6 is 0 Å². The molecule has 7 nitrogen and oxygen atoms in total. The van der Waals surface area contributed by atoms with Crippen molar-refractivity contribution in [2.24, 2.45) is 5.41 Å². The second-order valence-corrected chi connectivity index (χ2v) is 7.54. The molecule has 2 amide bonds. The number of amides is 2. The van der Waals surface area contributed by atoms with Gasteiger partial charge in [0.15, 0.2) is 0 Å². The molecule has 7 heteroatoms. The fourth-order valence-corrected chi connectivity index (χ4v) is 2.63. The molecule has 24 heavy (non-hydrogen) atoms. The Kier molecular flexibility index (Phi) is 8.12. The molecule has 140 valence electrons. The van der Waals surface area contributed by atoms with Crippen LogP contribution in [0, 0.1) is 5.41 Å². The topological polar surface area (TPSA) is 82.1 Å².